The zero-order valence-corrected chi connectivity index (χ0v) is 11.5. The number of halogens is 3. The number of rotatable bonds is 7. The summed E-state index contributed by atoms with van der Waals surface area (Å²) in [4.78, 5) is 0. The number of alkyl halides is 3. The first-order chi connectivity index (χ1) is 8.85. The number of nitrogens with one attached hydrogen (secondary N) is 1. The second kappa shape index (κ2) is 6.91. The summed E-state index contributed by atoms with van der Waals surface area (Å²) in [6.07, 6.45) is -3.28. The molecule has 110 valence electrons. The molecule has 0 aliphatic carbocycles. The van der Waals surface area contributed by atoms with Gasteiger partial charge in [0.25, 0.3) is 0 Å². The van der Waals surface area contributed by atoms with Crippen LogP contribution in [0.2, 0.25) is 0 Å². The summed E-state index contributed by atoms with van der Waals surface area (Å²) in [5, 5.41) is 7.45. The largest absolute Gasteiger partial charge is 0.411 e. The molecule has 0 saturated heterocycles. The summed E-state index contributed by atoms with van der Waals surface area (Å²) in [6, 6.07) is 0. The van der Waals surface area contributed by atoms with Crippen LogP contribution >= 0.6 is 0 Å². The first kappa shape index (κ1) is 16.0. The smallest absolute Gasteiger partial charge is 0.350 e. The van der Waals surface area contributed by atoms with E-state index in [9.17, 15) is 13.2 Å². The fourth-order valence-electron chi connectivity index (χ4n) is 1.75. The van der Waals surface area contributed by atoms with Crippen LogP contribution in [-0.4, -0.2) is 29.1 Å². The molecular formula is C12H20F3N3O. The van der Waals surface area contributed by atoms with E-state index in [2.05, 4.69) is 22.1 Å². The molecule has 1 rings (SSSR count). The summed E-state index contributed by atoms with van der Waals surface area (Å²) in [5.74, 6) is 0. The second-order valence-electron chi connectivity index (χ2n) is 4.42. The van der Waals surface area contributed by atoms with Gasteiger partial charge in [-0.1, -0.05) is 6.92 Å². The highest BCUT2D eigenvalue weighted by molar-refractivity contribution is 5.24. The number of nitrogens with zero attached hydrogens (tertiary/aromatic N) is 2. The molecule has 0 bridgehead atoms. The molecule has 0 aliphatic heterocycles. The Hall–Kier alpha value is -1.08. The van der Waals surface area contributed by atoms with E-state index >= 15 is 0 Å². The standard InChI is InChI=1S/C12H20F3N3O/c1-4-5-16-6-11-9(2)17-18(10(11)3)8-19-7-12(13,14)15/h16H,4-8H2,1-3H3. The molecular weight excluding hydrogens is 259 g/mol. The van der Waals surface area contributed by atoms with Gasteiger partial charge >= 0.3 is 6.18 Å². The number of hydrogen-bond acceptors (Lipinski definition) is 3. The first-order valence-corrected chi connectivity index (χ1v) is 6.23. The topological polar surface area (TPSA) is 39.1 Å². The van der Waals surface area contributed by atoms with Gasteiger partial charge in [-0.3, -0.25) is 0 Å². The van der Waals surface area contributed by atoms with Crippen molar-refractivity contribution in [2.45, 2.75) is 46.6 Å². The lowest BCUT2D eigenvalue weighted by Crippen LogP contribution is -2.19. The van der Waals surface area contributed by atoms with Gasteiger partial charge in [-0.15, -0.1) is 0 Å². The molecule has 1 aromatic heterocycles. The van der Waals surface area contributed by atoms with Crippen LogP contribution in [-0.2, 0) is 18.0 Å². The van der Waals surface area contributed by atoms with Gasteiger partial charge in [0, 0.05) is 17.8 Å². The van der Waals surface area contributed by atoms with Crippen molar-refractivity contribution >= 4 is 0 Å². The summed E-state index contributed by atoms with van der Waals surface area (Å²) in [5.41, 5.74) is 2.67. The van der Waals surface area contributed by atoms with E-state index in [1.54, 1.807) is 0 Å². The van der Waals surface area contributed by atoms with Crippen LogP contribution < -0.4 is 5.32 Å². The Morgan fingerprint density at radius 1 is 1.32 bits per heavy atom. The quantitative estimate of drug-likeness (QED) is 0.780. The maximum Gasteiger partial charge on any atom is 0.411 e. The molecule has 0 unspecified atom stereocenters. The highest BCUT2D eigenvalue weighted by Gasteiger charge is 2.27. The van der Waals surface area contributed by atoms with E-state index in [-0.39, 0.29) is 6.73 Å². The van der Waals surface area contributed by atoms with Crippen LogP contribution in [0.15, 0.2) is 0 Å². The van der Waals surface area contributed by atoms with Crippen LogP contribution in [0, 0.1) is 13.8 Å². The van der Waals surface area contributed by atoms with Crippen molar-refractivity contribution < 1.29 is 17.9 Å². The van der Waals surface area contributed by atoms with Gasteiger partial charge < -0.3 is 10.1 Å². The normalized spacial score (nSPS) is 12.1. The molecule has 19 heavy (non-hydrogen) atoms. The van der Waals surface area contributed by atoms with E-state index in [0.717, 1.165) is 29.9 Å². The van der Waals surface area contributed by atoms with E-state index < -0.39 is 12.8 Å². The molecule has 0 aliphatic rings. The summed E-state index contributed by atoms with van der Waals surface area (Å²) in [6.45, 7) is 5.88. The lowest BCUT2D eigenvalue weighted by molar-refractivity contribution is -0.182. The molecule has 0 spiro atoms. The van der Waals surface area contributed by atoms with E-state index in [1.807, 2.05) is 13.8 Å². The molecule has 0 radical (unpaired) electrons. The molecule has 1 heterocycles. The van der Waals surface area contributed by atoms with Gasteiger partial charge in [0.05, 0.1) is 5.69 Å². The third-order valence-electron chi connectivity index (χ3n) is 2.74. The third kappa shape index (κ3) is 5.20. The van der Waals surface area contributed by atoms with Crippen LogP contribution in [0.1, 0.15) is 30.3 Å². The minimum absolute atomic E-state index is 0.181. The van der Waals surface area contributed by atoms with Crippen molar-refractivity contribution in [1.29, 1.82) is 0 Å². The van der Waals surface area contributed by atoms with Crippen LogP contribution in [0.25, 0.3) is 0 Å². The fraction of sp³-hybridized carbons (Fsp3) is 0.750. The molecule has 0 amide bonds. The predicted molar refractivity (Wildman–Crippen MR) is 65.7 cm³/mol. The summed E-state index contributed by atoms with van der Waals surface area (Å²) < 4.78 is 42.0. The van der Waals surface area contributed by atoms with Crippen molar-refractivity contribution in [2.75, 3.05) is 13.2 Å². The van der Waals surface area contributed by atoms with Gasteiger partial charge in [-0.05, 0) is 26.8 Å². The van der Waals surface area contributed by atoms with Crippen molar-refractivity contribution in [3.8, 4) is 0 Å². The Kier molecular flexibility index (Phi) is 5.81. The first-order valence-electron chi connectivity index (χ1n) is 6.23. The Morgan fingerprint density at radius 3 is 2.58 bits per heavy atom. The maximum atomic E-state index is 12.0. The summed E-state index contributed by atoms with van der Waals surface area (Å²) in [7, 11) is 0. The number of aromatic nitrogens is 2. The Labute approximate surface area is 110 Å². The van der Waals surface area contributed by atoms with Gasteiger partial charge in [-0.25, -0.2) is 4.68 Å². The monoisotopic (exact) mass is 279 g/mol. The second-order valence-corrected chi connectivity index (χ2v) is 4.42. The Bertz CT molecular complexity index is 402. The average Bonchev–Trinajstić information content (AvgIpc) is 2.55. The highest BCUT2D eigenvalue weighted by atomic mass is 19.4. The maximum absolute atomic E-state index is 12.0. The van der Waals surface area contributed by atoms with Crippen molar-refractivity contribution in [1.82, 2.24) is 15.1 Å². The molecule has 0 aromatic carbocycles. The molecule has 7 heteroatoms. The molecule has 1 N–H and O–H groups in total. The van der Waals surface area contributed by atoms with Gasteiger partial charge in [0.2, 0.25) is 0 Å². The third-order valence-corrected chi connectivity index (χ3v) is 2.74. The van der Waals surface area contributed by atoms with Gasteiger partial charge in [0.1, 0.15) is 13.3 Å². The number of ether oxygens (including phenoxy) is 1. The molecule has 4 nitrogen and oxygen atoms in total. The van der Waals surface area contributed by atoms with Crippen molar-refractivity contribution in [3.63, 3.8) is 0 Å². The van der Waals surface area contributed by atoms with Crippen LogP contribution in [0.4, 0.5) is 13.2 Å². The van der Waals surface area contributed by atoms with Crippen LogP contribution in [0.5, 0.6) is 0 Å². The zero-order valence-electron chi connectivity index (χ0n) is 11.5. The van der Waals surface area contributed by atoms with Crippen LogP contribution in [0.3, 0.4) is 0 Å². The Balaban J connectivity index is 2.58. The zero-order chi connectivity index (χ0) is 14.5. The summed E-state index contributed by atoms with van der Waals surface area (Å²) >= 11 is 0. The predicted octanol–water partition coefficient (Wildman–Crippen LogP) is 2.54. The Morgan fingerprint density at radius 2 is 2.00 bits per heavy atom. The molecule has 1 aromatic rings. The van der Waals surface area contributed by atoms with Crippen molar-refractivity contribution in [3.05, 3.63) is 17.0 Å². The van der Waals surface area contributed by atoms with Crippen molar-refractivity contribution in [2.24, 2.45) is 0 Å². The van der Waals surface area contributed by atoms with E-state index in [4.69, 9.17) is 0 Å². The van der Waals surface area contributed by atoms with Gasteiger partial charge in [0.15, 0.2) is 0 Å². The lowest BCUT2D eigenvalue weighted by Gasteiger charge is -2.09. The van der Waals surface area contributed by atoms with Gasteiger partial charge in [-0.2, -0.15) is 18.3 Å². The van der Waals surface area contributed by atoms with E-state index in [1.165, 1.54) is 4.68 Å². The minimum atomic E-state index is -4.30. The fourth-order valence-corrected chi connectivity index (χ4v) is 1.75. The number of aryl methyl sites for hydroxylation is 1. The minimum Gasteiger partial charge on any atom is -0.350 e. The molecule has 0 fully saturated rings. The molecule has 0 saturated carbocycles. The SMILES string of the molecule is CCCNCc1c(C)nn(COCC(F)(F)F)c1C. The number of hydrogen-bond donors (Lipinski definition) is 1. The lowest BCUT2D eigenvalue weighted by atomic mass is 10.2. The average molecular weight is 279 g/mol. The van der Waals surface area contributed by atoms with E-state index in [0.29, 0.717) is 6.54 Å². The molecule has 0 atom stereocenters. The highest BCUT2D eigenvalue weighted by Crippen LogP contribution is 2.16.